The smallest absolute Gasteiger partial charge is 0.262 e. The lowest BCUT2D eigenvalue weighted by Gasteiger charge is -2.12. The fraction of sp³-hybridized carbons (Fsp3) is 0.120. The number of ether oxygens (including phenoxy) is 2. The number of carbonyl (C=O) groups is 1. The number of amides is 1. The van der Waals surface area contributed by atoms with Gasteiger partial charge in [0.15, 0.2) is 0 Å². The van der Waals surface area contributed by atoms with E-state index in [0.29, 0.717) is 13.2 Å². The Kier molecular flexibility index (Phi) is 9.58. The van der Waals surface area contributed by atoms with Crippen molar-refractivity contribution in [2.24, 2.45) is 0 Å². The quantitative estimate of drug-likeness (QED) is 0.164. The molecule has 0 aliphatic carbocycles. The Morgan fingerprint density at radius 2 is 1.67 bits per heavy atom. The van der Waals surface area contributed by atoms with Gasteiger partial charge in [0, 0.05) is 11.0 Å². The largest absolute Gasteiger partial charge is 0.497 e. The van der Waals surface area contributed by atoms with Crippen LogP contribution in [-0.4, -0.2) is 13.0 Å². The molecule has 0 saturated carbocycles. The highest BCUT2D eigenvalue weighted by atomic mass is 127. The number of nitrogens with zero attached hydrogens (tertiary/aromatic N) is 1. The van der Waals surface area contributed by atoms with Gasteiger partial charge in [-0.2, -0.15) is 5.26 Å². The lowest BCUT2D eigenvalue weighted by Crippen LogP contribution is -2.23. The molecular formula is C25H19BrI2N2O3. The summed E-state index contributed by atoms with van der Waals surface area (Å²) in [6.45, 7) is 0.769. The SMILES string of the molecule is COc1ccc(CNC(=O)/C(C#N)=C\c2cc(I)c(OCc3ccc(Br)cc3)c(I)c2)cc1. The number of nitriles is 1. The highest BCUT2D eigenvalue weighted by molar-refractivity contribution is 14.1. The molecule has 0 heterocycles. The van der Waals surface area contributed by atoms with Gasteiger partial charge < -0.3 is 14.8 Å². The average Bonchev–Trinajstić information content (AvgIpc) is 2.82. The van der Waals surface area contributed by atoms with E-state index in [1.807, 2.05) is 66.7 Å². The van der Waals surface area contributed by atoms with Crippen LogP contribution in [-0.2, 0) is 17.9 Å². The van der Waals surface area contributed by atoms with Crippen molar-refractivity contribution in [3.05, 3.63) is 94.5 Å². The standard InChI is InChI=1S/C25H19BrI2N2O3/c1-32-21-8-4-16(5-9-21)14-30-25(31)19(13-29)10-18-11-22(27)24(23(28)12-18)33-15-17-2-6-20(26)7-3-17/h2-12H,14-15H2,1H3,(H,30,31)/b19-10-. The highest BCUT2D eigenvalue weighted by Crippen LogP contribution is 2.30. The number of methoxy groups -OCH3 is 1. The van der Waals surface area contributed by atoms with Gasteiger partial charge >= 0.3 is 0 Å². The summed E-state index contributed by atoms with van der Waals surface area (Å²) in [7, 11) is 1.60. The first-order valence-corrected chi connectivity index (χ1v) is 12.7. The third kappa shape index (κ3) is 7.45. The Bertz CT molecular complexity index is 1180. The number of carbonyl (C=O) groups excluding carboxylic acids is 1. The summed E-state index contributed by atoms with van der Waals surface area (Å²) in [4.78, 5) is 12.5. The van der Waals surface area contributed by atoms with Crippen LogP contribution in [0.1, 0.15) is 16.7 Å². The molecular weight excluding hydrogens is 710 g/mol. The molecule has 3 aromatic carbocycles. The van der Waals surface area contributed by atoms with Crippen LogP contribution < -0.4 is 14.8 Å². The number of nitrogens with one attached hydrogen (secondary N) is 1. The molecule has 0 bridgehead atoms. The van der Waals surface area contributed by atoms with Crippen LogP contribution in [0.5, 0.6) is 11.5 Å². The van der Waals surface area contributed by atoms with Crippen LogP contribution in [0.25, 0.3) is 6.08 Å². The summed E-state index contributed by atoms with van der Waals surface area (Å²) in [6.07, 6.45) is 1.59. The molecule has 0 aliphatic rings. The molecule has 0 spiro atoms. The van der Waals surface area contributed by atoms with Gasteiger partial charge in [-0.1, -0.05) is 40.2 Å². The first kappa shape index (κ1) is 25.5. The van der Waals surface area contributed by atoms with E-state index < -0.39 is 5.91 Å². The summed E-state index contributed by atoms with van der Waals surface area (Å²) in [5.74, 6) is 1.10. The third-order valence-electron chi connectivity index (χ3n) is 4.61. The molecule has 0 fully saturated rings. The minimum atomic E-state index is -0.422. The summed E-state index contributed by atoms with van der Waals surface area (Å²) in [6, 6.07) is 21.1. The maximum Gasteiger partial charge on any atom is 0.262 e. The van der Waals surface area contributed by atoms with Crippen LogP contribution in [0.3, 0.4) is 0 Å². The molecule has 3 rings (SSSR count). The Morgan fingerprint density at radius 3 is 2.24 bits per heavy atom. The molecule has 0 radical (unpaired) electrons. The number of hydrogen-bond acceptors (Lipinski definition) is 4. The lowest BCUT2D eigenvalue weighted by atomic mass is 10.1. The molecule has 0 saturated heterocycles. The first-order chi connectivity index (χ1) is 15.9. The zero-order chi connectivity index (χ0) is 23.8. The topological polar surface area (TPSA) is 71.3 Å². The lowest BCUT2D eigenvalue weighted by molar-refractivity contribution is -0.117. The minimum absolute atomic E-state index is 0.0404. The maximum atomic E-state index is 12.5. The van der Waals surface area contributed by atoms with Crippen molar-refractivity contribution in [2.45, 2.75) is 13.2 Å². The fourth-order valence-electron chi connectivity index (χ4n) is 2.87. The highest BCUT2D eigenvalue weighted by Gasteiger charge is 2.12. The Hall–Kier alpha value is -2.10. The molecule has 0 aromatic heterocycles. The van der Waals surface area contributed by atoms with E-state index in [1.54, 1.807) is 13.2 Å². The van der Waals surface area contributed by atoms with Gasteiger partial charge in [-0.05, 0) is 104 Å². The molecule has 1 N–H and O–H groups in total. The second kappa shape index (κ2) is 12.4. The predicted octanol–water partition coefficient (Wildman–Crippen LogP) is 6.47. The summed E-state index contributed by atoms with van der Waals surface area (Å²) < 4.78 is 14.0. The van der Waals surface area contributed by atoms with Gasteiger partial charge in [-0.25, -0.2) is 0 Å². The van der Waals surface area contributed by atoms with Crippen molar-refractivity contribution < 1.29 is 14.3 Å². The molecule has 0 aliphatic heterocycles. The second-order valence-electron chi connectivity index (χ2n) is 6.93. The van der Waals surface area contributed by atoms with Crippen LogP contribution in [0.2, 0.25) is 0 Å². The van der Waals surface area contributed by atoms with Gasteiger partial charge in [-0.15, -0.1) is 0 Å². The number of halogens is 3. The van der Waals surface area contributed by atoms with Gasteiger partial charge in [0.1, 0.15) is 29.7 Å². The summed E-state index contributed by atoms with van der Waals surface area (Å²) in [5.41, 5.74) is 2.78. The first-order valence-electron chi connectivity index (χ1n) is 9.79. The molecule has 0 unspecified atom stereocenters. The molecule has 1 amide bonds. The van der Waals surface area contributed by atoms with Crippen molar-refractivity contribution in [1.29, 1.82) is 5.26 Å². The average molecular weight is 729 g/mol. The summed E-state index contributed by atoms with van der Waals surface area (Å²) >= 11 is 7.84. The third-order valence-corrected chi connectivity index (χ3v) is 6.74. The number of hydrogen-bond donors (Lipinski definition) is 1. The van der Waals surface area contributed by atoms with Gasteiger partial charge in [-0.3, -0.25) is 4.79 Å². The number of rotatable bonds is 8. The molecule has 5 nitrogen and oxygen atoms in total. The predicted molar refractivity (Wildman–Crippen MR) is 149 cm³/mol. The van der Waals surface area contributed by atoms with Gasteiger partial charge in [0.2, 0.25) is 0 Å². The van der Waals surface area contributed by atoms with Crippen LogP contribution >= 0.6 is 61.1 Å². The number of benzene rings is 3. The zero-order valence-corrected chi connectivity index (χ0v) is 23.5. The zero-order valence-electron chi connectivity index (χ0n) is 17.6. The molecule has 168 valence electrons. The molecule has 8 heteroatoms. The van der Waals surface area contributed by atoms with E-state index >= 15 is 0 Å². The Morgan fingerprint density at radius 1 is 1.06 bits per heavy atom. The van der Waals surface area contributed by atoms with Crippen LogP contribution in [0.4, 0.5) is 0 Å². The van der Waals surface area contributed by atoms with Gasteiger partial charge in [0.25, 0.3) is 5.91 Å². The van der Waals surface area contributed by atoms with Crippen molar-refractivity contribution in [2.75, 3.05) is 7.11 Å². The van der Waals surface area contributed by atoms with E-state index in [2.05, 4.69) is 66.4 Å². The van der Waals surface area contributed by atoms with Crippen molar-refractivity contribution >= 4 is 73.1 Å². The maximum absolute atomic E-state index is 12.5. The molecule has 0 atom stereocenters. The van der Waals surface area contributed by atoms with E-state index in [0.717, 1.165) is 39.8 Å². The van der Waals surface area contributed by atoms with Crippen LogP contribution in [0, 0.1) is 18.5 Å². The van der Waals surface area contributed by atoms with E-state index in [9.17, 15) is 10.1 Å². The van der Waals surface area contributed by atoms with Crippen LogP contribution in [0.15, 0.2) is 70.7 Å². The minimum Gasteiger partial charge on any atom is -0.497 e. The van der Waals surface area contributed by atoms with Crippen molar-refractivity contribution in [1.82, 2.24) is 5.32 Å². The molecule has 3 aromatic rings. The van der Waals surface area contributed by atoms with E-state index in [1.165, 1.54) is 0 Å². The summed E-state index contributed by atoms with van der Waals surface area (Å²) in [5, 5.41) is 12.3. The fourth-order valence-corrected chi connectivity index (χ4v) is 5.27. The van der Waals surface area contributed by atoms with E-state index in [-0.39, 0.29) is 5.57 Å². The normalized spacial score (nSPS) is 10.9. The van der Waals surface area contributed by atoms with Gasteiger partial charge in [0.05, 0.1) is 14.3 Å². The second-order valence-corrected chi connectivity index (χ2v) is 10.2. The monoisotopic (exact) mass is 728 g/mol. The Labute approximate surface area is 228 Å². The molecule has 33 heavy (non-hydrogen) atoms. The Balaban J connectivity index is 1.68. The van der Waals surface area contributed by atoms with Crippen molar-refractivity contribution in [3.63, 3.8) is 0 Å². The van der Waals surface area contributed by atoms with Crippen molar-refractivity contribution in [3.8, 4) is 17.6 Å². The van der Waals surface area contributed by atoms with E-state index in [4.69, 9.17) is 9.47 Å².